The van der Waals surface area contributed by atoms with Crippen molar-refractivity contribution in [1.29, 1.82) is 0 Å². The molecule has 2 heterocycles. The second-order valence-corrected chi connectivity index (χ2v) is 7.86. The number of ether oxygens (including phenoxy) is 1. The molecule has 1 spiro atoms. The lowest BCUT2D eigenvalue weighted by Crippen LogP contribution is -2.68. The Morgan fingerprint density at radius 3 is 2.62 bits per heavy atom. The highest BCUT2D eigenvalue weighted by Gasteiger charge is 2.65. The number of carbonyl (C=O) groups is 1. The minimum absolute atomic E-state index is 0.139. The molecule has 1 aromatic heterocycles. The van der Waals surface area contributed by atoms with Gasteiger partial charge in [0, 0.05) is 29.9 Å². The second kappa shape index (κ2) is 5.41. The monoisotopic (exact) mass is 328 g/mol. The van der Waals surface area contributed by atoms with E-state index in [1.54, 1.807) is 12.4 Å². The standard InChI is InChI=1S/C18H24N4O2/c23-17(21-12-9-19-16(20-10-12)11-3-4-11)22-14-13-5-8-24-15(13)18(14)6-1-2-7-18/h9-11,13-15H,1-8H2,(H2,21,22,23)/t13-,14+,15-/m0/s1. The molecule has 1 saturated heterocycles. The number of hydrogen-bond acceptors (Lipinski definition) is 4. The molecule has 4 aliphatic rings. The van der Waals surface area contributed by atoms with E-state index in [-0.39, 0.29) is 17.5 Å². The lowest BCUT2D eigenvalue weighted by Gasteiger charge is -2.56. The molecule has 1 aliphatic heterocycles. The van der Waals surface area contributed by atoms with Crippen molar-refractivity contribution in [1.82, 2.24) is 15.3 Å². The fourth-order valence-electron chi connectivity index (χ4n) is 5.17. The summed E-state index contributed by atoms with van der Waals surface area (Å²) in [7, 11) is 0. The molecule has 0 radical (unpaired) electrons. The summed E-state index contributed by atoms with van der Waals surface area (Å²) < 4.78 is 5.97. The Morgan fingerprint density at radius 2 is 1.92 bits per heavy atom. The summed E-state index contributed by atoms with van der Waals surface area (Å²) >= 11 is 0. The maximum Gasteiger partial charge on any atom is 0.319 e. The highest BCUT2D eigenvalue weighted by Crippen LogP contribution is 2.60. The van der Waals surface area contributed by atoms with Crippen LogP contribution in [-0.4, -0.2) is 34.8 Å². The molecule has 1 aromatic rings. The average molecular weight is 328 g/mol. The van der Waals surface area contributed by atoms with Crippen molar-refractivity contribution >= 4 is 11.7 Å². The van der Waals surface area contributed by atoms with Crippen molar-refractivity contribution in [3.05, 3.63) is 18.2 Å². The van der Waals surface area contributed by atoms with Crippen LogP contribution in [0, 0.1) is 11.3 Å². The van der Waals surface area contributed by atoms with Gasteiger partial charge < -0.3 is 15.4 Å². The molecule has 6 heteroatoms. The van der Waals surface area contributed by atoms with E-state index in [9.17, 15) is 4.79 Å². The van der Waals surface area contributed by atoms with Crippen LogP contribution in [0.5, 0.6) is 0 Å². The fraction of sp³-hybridized carbons (Fsp3) is 0.722. The number of hydrogen-bond donors (Lipinski definition) is 2. The minimum Gasteiger partial charge on any atom is -0.377 e. The second-order valence-electron chi connectivity index (χ2n) is 7.86. The van der Waals surface area contributed by atoms with E-state index in [0.717, 1.165) is 18.9 Å². The first kappa shape index (κ1) is 14.6. The van der Waals surface area contributed by atoms with Crippen LogP contribution in [-0.2, 0) is 4.74 Å². The number of amides is 2. The number of anilines is 1. The normalized spacial score (nSPS) is 33.1. The summed E-state index contributed by atoms with van der Waals surface area (Å²) in [5.74, 6) is 1.92. The smallest absolute Gasteiger partial charge is 0.319 e. The zero-order chi connectivity index (χ0) is 16.1. The van der Waals surface area contributed by atoms with Crippen molar-refractivity contribution in [2.75, 3.05) is 11.9 Å². The summed E-state index contributed by atoms with van der Waals surface area (Å²) in [4.78, 5) is 21.2. The molecule has 0 bridgehead atoms. The van der Waals surface area contributed by atoms with Gasteiger partial charge in [0.05, 0.1) is 24.2 Å². The quantitative estimate of drug-likeness (QED) is 0.894. The molecular formula is C18H24N4O2. The Hall–Kier alpha value is -1.69. The Kier molecular flexibility index (Phi) is 3.30. The summed E-state index contributed by atoms with van der Waals surface area (Å²) in [6.45, 7) is 0.841. The van der Waals surface area contributed by atoms with Crippen LogP contribution in [0.1, 0.15) is 56.7 Å². The van der Waals surface area contributed by atoms with E-state index in [1.807, 2.05) is 0 Å². The topological polar surface area (TPSA) is 76.1 Å². The largest absolute Gasteiger partial charge is 0.377 e. The SMILES string of the molecule is O=C(Nc1cnc(C2CC2)nc1)N[C@@H]1[C@@H]2CCO[C@@H]2C12CCCC2. The molecule has 0 unspecified atom stereocenters. The molecule has 128 valence electrons. The highest BCUT2D eigenvalue weighted by molar-refractivity contribution is 5.89. The zero-order valence-electron chi connectivity index (χ0n) is 13.8. The fourth-order valence-corrected chi connectivity index (χ4v) is 5.17. The summed E-state index contributed by atoms with van der Waals surface area (Å²) in [5.41, 5.74) is 0.848. The number of urea groups is 1. The first-order chi connectivity index (χ1) is 11.8. The third kappa shape index (κ3) is 2.23. The van der Waals surface area contributed by atoms with Gasteiger partial charge in [0.25, 0.3) is 0 Å². The maximum atomic E-state index is 12.5. The van der Waals surface area contributed by atoms with Gasteiger partial charge in [-0.3, -0.25) is 0 Å². The van der Waals surface area contributed by atoms with E-state index in [2.05, 4.69) is 20.6 Å². The van der Waals surface area contributed by atoms with Crippen LogP contribution < -0.4 is 10.6 Å². The van der Waals surface area contributed by atoms with Crippen molar-refractivity contribution in [3.8, 4) is 0 Å². The van der Waals surface area contributed by atoms with Crippen molar-refractivity contribution < 1.29 is 9.53 Å². The third-order valence-electron chi connectivity index (χ3n) is 6.44. The predicted molar refractivity (Wildman–Crippen MR) is 88.7 cm³/mol. The molecule has 5 rings (SSSR count). The number of nitrogens with zero attached hydrogens (tertiary/aromatic N) is 2. The molecule has 2 amide bonds. The van der Waals surface area contributed by atoms with Gasteiger partial charge in [0.1, 0.15) is 5.82 Å². The van der Waals surface area contributed by atoms with Gasteiger partial charge in [-0.1, -0.05) is 12.8 Å². The molecule has 4 fully saturated rings. The Morgan fingerprint density at radius 1 is 1.17 bits per heavy atom. The molecule has 2 N–H and O–H groups in total. The van der Waals surface area contributed by atoms with Crippen molar-refractivity contribution in [3.63, 3.8) is 0 Å². The molecule has 3 saturated carbocycles. The zero-order valence-corrected chi connectivity index (χ0v) is 13.8. The van der Waals surface area contributed by atoms with E-state index < -0.39 is 0 Å². The minimum atomic E-state index is -0.139. The van der Waals surface area contributed by atoms with Crippen LogP contribution in [0.15, 0.2) is 12.4 Å². The van der Waals surface area contributed by atoms with Gasteiger partial charge in [-0.15, -0.1) is 0 Å². The first-order valence-corrected chi connectivity index (χ1v) is 9.27. The third-order valence-corrected chi connectivity index (χ3v) is 6.44. The molecule has 24 heavy (non-hydrogen) atoms. The summed E-state index contributed by atoms with van der Waals surface area (Å²) in [6, 6.07) is 0.110. The molecule has 6 nitrogen and oxygen atoms in total. The summed E-state index contributed by atoms with van der Waals surface area (Å²) in [6.07, 6.45) is 12.1. The van der Waals surface area contributed by atoms with E-state index in [4.69, 9.17) is 4.74 Å². The van der Waals surface area contributed by atoms with Crippen molar-refractivity contribution in [2.24, 2.45) is 11.3 Å². The Balaban J connectivity index is 1.24. The molecule has 3 aliphatic carbocycles. The van der Waals surface area contributed by atoms with Crippen LogP contribution in [0.25, 0.3) is 0 Å². The lowest BCUT2D eigenvalue weighted by atomic mass is 9.54. The van der Waals surface area contributed by atoms with E-state index >= 15 is 0 Å². The molecular weight excluding hydrogens is 304 g/mol. The van der Waals surface area contributed by atoms with Crippen LogP contribution >= 0.6 is 0 Å². The van der Waals surface area contributed by atoms with Gasteiger partial charge in [0.15, 0.2) is 0 Å². The predicted octanol–water partition coefficient (Wildman–Crippen LogP) is 2.82. The van der Waals surface area contributed by atoms with Crippen molar-refractivity contribution in [2.45, 2.75) is 63.0 Å². The first-order valence-electron chi connectivity index (χ1n) is 9.27. The van der Waals surface area contributed by atoms with Gasteiger partial charge in [-0.05, 0) is 32.1 Å². The van der Waals surface area contributed by atoms with E-state index in [1.165, 1.54) is 38.5 Å². The average Bonchev–Trinajstić information content (AvgIpc) is 3.13. The Bertz CT molecular complexity index is 637. The number of aromatic nitrogens is 2. The van der Waals surface area contributed by atoms with Crippen LogP contribution in [0.2, 0.25) is 0 Å². The van der Waals surface area contributed by atoms with Gasteiger partial charge in [-0.2, -0.15) is 0 Å². The number of nitrogens with one attached hydrogen (secondary N) is 2. The Labute approximate surface area is 141 Å². The molecule has 0 aromatic carbocycles. The van der Waals surface area contributed by atoms with Gasteiger partial charge in [-0.25, -0.2) is 14.8 Å². The van der Waals surface area contributed by atoms with Gasteiger partial charge >= 0.3 is 6.03 Å². The maximum absolute atomic E-state index is 12.5. The number of carbonyl (C=O) groups excluding carboxylic acids is 1. The number of fused-ring (bicyclic) bond motifs is 2. The highest BCUT2D eigenvalue weighted by atomic mass is 16.5. The van der Waals surface area contributed by atoms with Crippen LogP contribution in [0.4, 0.5) is 10.5 Å². The van der Waals surface area contributed by atoms with Crippen LogP contribution in [0.3, 0.4) is 0 Å². The van der Waals surface area contributed by atoms with E-state index in [0.29, 0.717) is 23.6 Å². The van der Waals surface area contributed by atoms with Gasteiger partial charge in [0.2, 0.25) is 0 Å². The molecule has 3 atom stereocenters. The number of rotatable bonds is 3. The summed E-state index contributed by atoms with van der Waals surface area (Å²) in [5, 5.41) is 6.13. The lowest BCUT2D eigenvalue weighted by molar-refractivity contribution is -0.125.